The van der Waals surface area contributed by atoms with Crippen LogP contribution in [0.15, 0.2) is 95.9 Å². The Morgan fingerprint density at radius 2 is 1.35 bits per heavy atom. The number of hydrogen-bond donors (Lipinski definition) is 1. The third-order valence-corrected chi connectivity index (χ3v) is 11.3. The maximum atomic E-state index is 15.1. The average molecular weight is 760 g/mol. The molecule has 2 amide bonds. The molecule has 1 aliphatic carbocycles. The predicted octanol–water partition coefficient (Wildman–Crippen LogP) is 6.01. The minimum Gasteiger partial charge on any atom is -0.497 e. The van der Waals surface area contributed by atoms with E-state index in [9.17, 15) is 13.2 Å². The molecule has 13 heteroatoms. The Morgan fingerprint density at radius 1 is 0.704 bits per heavy atom. The molecule has 1 aliphatic rings. The number of nitrogens with one attached hydrogen (secondary N) is 1. The minimum atomic E-state index is -4.51. The van der Waals surface area contributed by atoms with Crippen LogP contribution in [0.1, 0.15) is 43.2 Å². The second-order valence-electron chi connectivity index (χ2n) is 13.0. The first kappa shape index (κ1) is 39.8. The largest absolute Gasteiger partial charge is 0.497 e. The summed E-state index contributed by atoms with van der Waals surface area (Å²) in [5, 5.41) is 3.23. The van der Waals surface area contributed by atoms with E-state index in [1.54, 1.807) is 37.4 Å². The maximum Gasteiger partial charge on any atom is 0.265 e. The Kier molecular flexibility index (Phi) is 13.7. The van der Waals surface area contributed by atoms with Gasteiger partial charge >= 0.3 is 0 Å². The average Bonchev–Trinajstić information content (AvgIpc) is 3.21. The maximum absolute atomic E-state index is 15.1. The van der Waals surface area contributed by atoms with Gasteiger partial charge < -0.3 is 33.9 Å². The van der Waals surface area contributed by atoms with E-state index in [2.05, 4.69) is 5.32 Å². The van der Waals surface area contributed by atoms with Gasteiger partial charge in [0.05, 0.1) is 46.1 Å². The van der Waals surface area contributed by atoms with Crippen molar-refractivity contribution < 1.29 is 41.7 Å². The van der Waals surface area contributed by atoms with Crippen molar-refractivity contribution in [2.75, 3.05) is 46.4 Å². The molecule has 4 aromatic carbocycles. The summed E-state index contributed by atoms with van der Waals surface area (Å²) in [6, 6.07) is 24.6. The van der Waals surface area contributed by atoms with Crippen LogP contribution in [-0.2, 0) is 32.6 Å². The number of hydrogen-bond acceptors (Lipinski definition) is 9. The molecule has 5 rings (SSSR count). The third-order valence-electron chi connectivity index (χ3n) is 9.59. The molecule has 4 aromatic rings. The first-order chi connectivity index (χ1) is 26.1. The monoisotopic (exact) mass is 759 g/mol. The number of nitrogens with zero attached hydrogens (tertiary/aromatic N) is 2. The Balaban J connectivity index is 1.65. The number of carbonyl (C=O) groups excluding carboxylic acids is 2. The van der Waals surface area contributed by atoms with Gasteiger partial charge in [0, 0.05) is 31.1 Å². The van der Waals surface area contributed by atoms with Gasteiger partial charge in [-0.3, -0.25) is 13.9 Å². The molecule has 0 unspecified atom stereocenters. The van der Waals surface area contributed by atoms with Crippen molar-refractivity contribution >= 4 is 27.5 Å². The molecule has 0 aromatic heterocycles. The van der Waals surface area contributed by atoms with Crippen LogP contribution in [0, 0.1) is 0 Å². The number of rotatable bonds is 17. The Bertz CT molecular complexity index is 1990. The van der Waals surface area contributed by atoms with Crippen LogP contribution in [0.5, 0.6) is 28.7 Å². The molecule has 1 N–H and O–H groups in total. The van der Waals surface area contributed by atoms with E-state index >= 15 is 4.79 Å². The molecule has 288 valence electrons. The molecule has 1 saturated carbocycles. The van der Waals surface area contributed by atoms with Gasteiger partial charge in [-0.25, -0.2) is 8.42 Å². The van der Waals surface area contributed by atoms with Crippen molar-refractivity contribution in [3.8, 4) is 28.7 Å². The Morgan fingerprint density at radius 3 is 2.02 bits per heavy atom. The number of benzene rings is 4. The van der Waals surface area contributed by atoms with Gasteiger partial charge in [0.15, 0.2) is 11.5 Å². The van der Waals surface area contributed by atoms with Crippen molar-refractivity contribution in [3.63, 3.8) is 0 Å². The topological polar surface area (TPSA) is 133 Å². The highest BCUT2D eigenvalue weighted by atomic mass is 32.2. The van der Waals surface area contributed by atoms with Crippen LogP contribution in [0.4, 0.5) is 5.69 Å². The second kappa shape index (κ2) is 18.6. The quantitative estimate of drug-likeness (QED) is 0.137. The lowest BCUT2D eigenvalue weighted by Gasteiger charge is -2.35. The number of amides is 2. The van der Waals surface area contributed by atoms with Crippen LogP contribution in [0.3, 0.4) is 0 Å². The Labute approximate surface area is 318 Å². The van der Waals surface area contributed by atoms with E-state index in [0.717, 1.165) is 42.0 Å². The van der Waals surface area contributed by atoms with E-state index in [4.69, 9.17) is 23.7 Å². The lowest BCUT2D eigenvalue weighted by atomic mass is 9.94. The molecule has 0 bridgehead atoms. The van der Waals surface area contributed by atoms with Gasteiger partial charge in [-0.1, -0.05) is 61.7 Å². The van der Waals surface area contributed by atoms with Gasteiger partial charge in [0.25, 0.3) is 10.0 Å². The summed E-state index contributed by atoms with van der Waals surface area (Å²) in [5.41, 5.74) is 1.60. The van der Waals surface area contributed by atoms with E-state index in [-0.39, 0.29) is 47.0 Å². The molecule has 54 heavy (non-hydrogen) atoms. The lowest BCUT2D eigenvalue weighted by Crippen LogP contribution is -2.55. The fraction of sp³-hybridized carbons (Fsp3) is 0.366. The summed E-state index contributed by atoms with van der Waals surface area (Å²) in [7, 11) is 2.76. The molecule has 0 spiro atoms. The zero-order valence-electron chi connectivity index (χ0n) is 31.4. The van der Waals surface area contributed by atoms with Gasteiger partial charge in [0.1, 0.15) is 29.8 Å². The molecule has 0 heterocycles. The minimum absolute atomic E-state index is 0.00882. The van der Waals surface area contributed by atoms with Crippen molar-refractivity contribution in [1.82, 2.24) is 10.2 Å². The second-order valence-corrected chi connectivity index (χ2v) is 14.9. The number of sulfonamides is 1. The summed E-state index contributed by atoms with van der Waals surface area (Å²) in [6.45, 7) is -0.697. The van der Waals surface area contributed by atoms with Gasteiger partial charge in [-0.15, -0.1) is 0 Å². The van der Waals surface area contributed by atoms with E-state index < -0.39 is 28.5 Å². The zero-order valence-corrected chi connectivity index (χ0v) is 32.3. The zero-order chi connectivity index (χ0) is 38.7. The molecule has 1 atom stereocenters. The number of methoxy groups -OCH3 is 5. The van der Waals surface area contributed by atoms with Crippen LogP contribution in [0.2, 0.25) is 0 Å². The van der Waals surface area contributed by atoms with Crippen molar-refractivity contribution in [3.05, 3.63) is 102 Å². The number of carbonyl (C=O) groups is 2. The predicted molar refractivity (Wildman–Crippen MR) is 206 cm³/mol. The smallest absolute Gasteiger partial charge is 0.265 e. The molecular weight excluding hydrogens is 711 g/mol. The number of anilines is 1. The van der Waals surface area contributed by atoms with Crippen LogP contribution in [-0.4, -0.2) is 79.3 Å². The Hall–Kier alpha value is -5.43. The molecule has 12 nitrogen and oxygen atoms in total. The molecule has 0 saturated heterocycles. The fourth-order valence-electron chi connectivity index (χ4n) is 6.67. The van der Waals surface area contributed by atoms with E-state index in [1.165, 1.54) is 57.6 Å². The first-order valence-electron chi connectivity index (χ1n) is 17.8. The van der Waals surface area contributed by atoms with Crippen LogP contribution < -0.4 is 33.3 Å². The number of ether oxygens (including phenoxy) is 5. The van der Waals surface area contributed by atoms with Gasteiger partial charge in [-0.2, -0.15) is 0 Å². The van der Waals surface area contributed by atoms with Crippen LogP contribution in [0.25, 0.3) is 0 Å². The summed E-state index contributed by atoms with van der Waals surface area (Å²) >= 11 is 0. The van der Waals surface area contributed by atoms with E-state index in [0.29, 0.717) is 22.8 Å². The highest BCUT2D eigenvalue weighted by Gasteiger charge is 2.37. The molecule has 1 fully saturated rings. The van der Waals surface area contributed by atoms with Crippen molar-refractivity contribution in [2.45, 2.75) is 62.0 Å². The highest BCUT2D eigenvalue weighted by Crippen LogP contribution is 2.38. The molecule has 0 radical (unpaired) electrons. The van der Waals surface area contributed by atoms with Crippen molar-refractivity contribution in [2.24, 2.45) is 0 Å². The summed E-state index contributed by atoms with van der Waals surface area (Å²) in [4.78, 5) is 30.8. The first-order valence-corrected chi connectivity index (χ1v) is 19.3. The van der Waals surface area contributed by atoms with Gasteiger partial charge in [0.2, 0.25) is 11.8 Å². The normalized spacial score (nSPS) is 13.6. The van der Waals surface area contributed by atoms with E-state index in [1.807, 2.05) is 36.4 Å². The summed E-state index contributed by atoms with van der Waals surface area (Å²) in [5.74, 6) is 0.682. The summed E-state index contributed by atoms with van der Waals surface area (Å²) in [6.07, 6.45) is 5.01. The standard InChI is InChI=1S/C41H49N3O9S/c1-49-32-18-12-15-30(23-32)27-43(36(24-29-13-8-6-9-14-29)41(46)42-31-16-10-7-11-17-31)40(45)28-44(35-25-33(50-2)19-21-37(35)51-3)54(47,48)34-20-22-38(52-4)39(26-34)53-5/h6,8-9,12-15,18-23,25-26,31,36H,7,10-11,16-17,24,27-28H2,1-5H3,(H,42,46)/t36-/m1/s1. The lowest BCUT2D eigenvalue weighted by molar-refractivity contribution is -0.140. The van der Waals surface area contributed by atoms with Crippen molar-refractivity contribution in [1.29, 1.82) is 0 Å². The summed E-state index contributed by atoms with van der Waals surface area (Å²) < 4.78 is 58.0. The SMILES string of the molecule is COc1cccc(CN(C(=O)CN(c2cc(OC)ccc2OC)S(=O)(=O)c2ccc(OC)c(OC)c2)[C@H](Cc2ccccc2)C(=O)NC2CCCCC2)c1. The molecule has 0 aliphatic heterocycles. The van der Waals surface area contributed by atoms with Gasteiger partial charge in [-0.05, 0) is 60.4 Å². The third kappa shape index (κ3) is 9.56. The van der Waals surface area contributed by atoms with Crippen LogP contribution >= 0.6 is 0 Å². The molecular formula is C41H49N3O9S. The highest BCUT2D eigenvalue weighted by molar-refractivity contribution is 7.92. The fourth-order valence-corrected chi connectivity index (χ4v) is 8.11.